The van der Waals surface area contributed by atoms with E-state index in [9.17, 15) is 9.59 Å². The second kappa shape index (κ2) is 8.56. The van der Waals surface area contributed by atoms with E-state index < -0.39 is 6.10 Å². The molecule has 1 atom stereocenters. The highest BCUT2D eigenvalue weighted by Crippen LogP contribution is 2.23. The summed E-state index contributed by atoms with van der Waals surface area (Å²) in [4.78, 5) is 24.2. The molecule has 5 heteroatoms. The van der Waals surface area contributed by atoms with Gasteiger partial charge in [0.2, 0.25) is 5.91 Å². The van der Waals surface area contributed by atoms with Crippen LogP contribution in [0.4, 0.5) is 0 Å². The number of rotatable bonds is 5. The van der Waals surface area contributed by atoms with Crippen LogP contribution < -0.4 is 15.6 Å². The first-order valence-corrected chi connectivity index (χ1v) is 8.43. The largest absolute Gasteiger partial charge is 0.481 e. The summed E-state index contributed by atoms with van der Waals surface area (Å²) in [5.74, 6) is 0.258. The first kappa shape index (κ1) is 17.3. The second-order valence-corrected chi connectivity index (χ2v) is 6.14. The molecule has 0 bridgehead atoms. The smallest absolute Gasteiger partial charge is 0.279 e. The molecule has 1 aromatic carbocycles. The molecule has 23 heavy (non-hydrogen) atoms. The van der Waals surface area contributed by atoms with Crippen molar-refractivity contribution in [3.05, 3.63) is 29.8 Å². The van der Waals surface area contributed by atoms with Gasteiger partial charge >= 0.3 is 0 Å². The summed E-state index contributed by atoms with van der Waals surface area (Å²) in [6, 6.07) is 7.57. The Morgan fingerprint density at radius 2 is 1.96 bits per heavy atom. The lowest BCUT2D eigenvalue weighted by Crippen LogP contribution is -2.49. The van der Waals surface area contributed by atoms with E-state index in [1.54, 1.807) is 0 Å². The van der Waals surface area contributed by atoms with Crippen molar-refractivity contribution >= 4 is 11.8 Å². The van der Waals surface area contributed by atoms with Crippen molar-refractivity contribution in [3.63, 3.8) is 0 Å². The van der Waals surface area contributed by atoms with Crippen LogP contribution in [0.1, 0.15) is 51.0 Å². The number of aryl methyl sites for hydroxylation is 1. The fraction of sp³-hybridized carbons (Fsp3) is 0.556. The average Bonchev–Trinajstić information content (AvgIpc) is 2.58. The van der Waals surface area contributed by atoms with E-state index in [0.717, 1.165) is 31.2 Å². The zero-order valence-corrected chi connectivity index (χ0v) is 13.9. The summed E-state index contributed by atoms with van der Waals surface area (Å²) < 4.78 is 5.72. The number of amides is 2. The number of hydrogen-bond acceptors (Lipinski definition) is 3. The highest BCUT2D eigenvalue weighted by atomic mass is 16.5. The van der Waals surface area contributed by atoms with Gasteiger partial charge in [-0.05, 0) is 43.9 Å². The molecule has 5 nitrogen and oxygen atoms in total. The molecule has 0 aliphatic heterocycles. The zero-order chi connectivity index (χ0) is 16.7. The number of hydrazine groups is 1. The molecule has 126 valence electrons. The Morgan fingerprint density at radius 1 is 1.22 bits per heavy atom. The van der Waals surface area contributed by atoms with E-state index in [2.05, 4.69) is 10.9 Å². The average molecular weight is 318 g/mol. The monoisotopic (exact) mass is 318 g/mol. The quantitative estimate of drug-likeness (QED) is 0.820. The van der Waals surface area contributed by atoms with Crippen LogP contribution in [-0.2, 0) is 9.59 Å². The highest BCUT2D eigenvalue weighted by Gasteiger charge is 2.23. The third kappa shape index (κ3) is 5.27. The first-order valence-electron chi connectivity index (χ1n) is 8.43. The van der Waals surface area contributed by atoms with Gasteiger partial charge in [-0.3, -0.25) is 20.4 Å². The first-order chi connectivity index (χ1) is 11.1. The molecule has 1 fully saturated rings. The molecule has 1 aliphatic rings. The lowest BCUT2D eigenvalue weighted by Gasteiger charge is -2.22. The topological polar surface area (TPSA) is 67.4 Å². The summed E-state index contributed by atoms with van der Waals surface area (Å²) in [5, 5.41) is 0. The van der Waals surface area contributed by atoms with Crippen molar-refractivity contribution in [1.29, 1.82) is 0 Å². The van der Waals surface area contributed by atoms with Gasteiger partial charge in [-0.2, -0.15) is 0 Å². The lowest BCUT2D eigenvalue weighted by atomic mass is 9.89. The summed E-state index contributed by atoms with van der Waals surface area (Å²) in [5.41, 5.74) is 6.12. The zero-order valence-electron chi connectivity index (χ0n) is 13.9. The minimum Gasteiger partial charge on any atom is -0.481 e. The SMILES string of the molecule is CCC(Oc1cccc(C)c1)C(=O)NNC(=O)C1CCCCC1. The van der Waals surface area contributed by atoms with Gasteiger partial charge in [0, 0.05) is 5.92 Å². The Balaban J connectivity index is 1.83. The fourth-order valence-corrected chi connectivity index (χ4v) is 2.85. The molecule has 0 radical (unpaired) electrons. The minimum atomic E-state index is -0.622. The highest BCUT2D eigenvalue weighted by molar-refractivity contribution is 5.85. The number of ether oxygens (including phenoxy) is 1. The molecule has 1 aliphatic carbocycles. The summed E-state index contributed by atoms with van der Waals surface area (Å²) in [7, 11) is 0. The van der Waals surface area contributed by atoms with Crippen molar-refractivity contribution in [1.82, 2.24) is 10.9 Å². The fourth-order valence-electron chi connectivity index (χ4n) is 2.85. The molecule has 1 unspecified atom stereocenters. The predicted octanol–water partition coefficient (Wildman–Crippen LogP) is 2.88. The van der Waals surface area contributed by atoms with E-state index >= 15 is 0 Å². The van der Waals surface area contributed by atoms with Crippen LogP contribution >= 0.6 is 0 Å². The number of carbonyl (C=O) groups is 2. The summed E-state index contributed by atoms with van der Waals surface area (Å²) in [6.45, 7) is 3.85. The molecular formula is C18H26N2O3. The molecule has 0 aromatic heterocycles. The molecule has 0 heterocycles. The van der Waals surface area contributed by atoms with Crippen molar-refractivity contribution in [3.8, 4) is 5.75 Å². The summed E-state index contributed by atoms with van der Waals surface area (Å²) >= 11 is 0. The summed E-state index contributed by atoms with van der Waals surface area (Å²) in [6.07, 6.45) is 5.07. The van der Waals surface area contributed by atoms with Crippen LogP contribution in [0.25, 0.3) is 0 Å². The normalized spacial score (nSPS) is 16.4. The number of benzene rings is 1. The van der Waals surface area contributed by atoms with Gasteiger partial charge in [0.25, 0.3) is 5.91 Å². The molecule has 2 N–H and O–H groups in total. The molecule has 2 amide bonds. The number of hydrogen-bond donors (Lipinski definition) is 2. The van der Waals surface area contributed by atoms with Gasteiger partial charge in [0.15, 0.2) is 6.10 Å². The number of carbonyl (C=O) groups excluding carboxylic acids is 2. The van der Waals surface area contributed by atoms with Crippen molar-refractivity contribution in [2.75, 3.05) is 0 Å². The van der Waals surface area contributed by atoms with Gasteiger partial charge < -0.3 is 4.74 Å². The maximum absolute atomic E-state index is 12.2. The van der Waals surface area contributed by atoms with Gasteiger partial charge in [-0.15, -0.1) is 0 Å². The number of nitrogens with one attached hydrogen (secondary N) is 2. The van der Waals surface area contributed by atoms with Crippen LogP contribution in [0.2, 0.25) is 0 Å². The Labute approximate surface area is 137 Å². The molecule has 0 saturated heterocycles. The second-order valence-electron chi connectivity index (χ2n) is 6.14. The standard InChI is InChI=1S/C18H26N2O3/c1-3-16(23-15-11-7-8-13(2)12-15)18(22)20-19-17(21)14-9-5-4-6-10-14/h7-8,11-12,14,16H,3-6,9-10H2,1-2H3,(H,19,21)(H,20,22). The van der Waals surface area contributed by atoms with Crippen LogP contribution in [-0.4, -0.2) is 17.9 Å². The third-order valence-electron chi connectivity index (χ3n) is 4.22. The maximum Gasteiger partial charge on any atom is 0.279 e. The third-order valence-corrected chi connectivity index (χ3v) is 4.22. The van der Waals surface area contributed by atoms with Gasteiger partial charge in [-0.1, -0.05) is 38.3 Å². The van der Waals surface area contributed by atoms with Crippen LogP contribution in [0.3, 0.4) is 0 Å². The van der Waals surface area contributed by atoms with Crippen molar-refractivity contribution in [2.45, 2.75) is 58.5 Å². The van der Waals surface area contributed by atoms with Gasteiger partial charge in [-0.25, -0.2) is 0 Å². The molecule has 0 spiro atoms. The van der Waals surface area contributed by atoms with E-state index in [0.29, 0.717) is 12.2 Å². The van der Waals surface area contributed by atoms with E-state index in [1.807, 2.05) is 38.1 Å². The van der Waals surface area contributed by atoms with Crippen molar-refractivity contribution in [2.24, 2.45) is 5.92 Å². The van der Waals surface area contributed by atoms with E-state index in [-0.39, 0.29) is 17.7 Å². The van der Waals surface area contributed by atoms with Crippen molar-refractivity contribution < 1.29 is 14.3 Å². The van der Waals surface area contributed by atoms with Crippen LogP contribution in [0, 0.1) is 12.8 Å². The lowest BCUT2D eigenvalue weighted by molar-refractivity contribution is -0.135. The minimum absolute atomic E-state index is 0.0156. The van der Waals surface area contributed by atoms with E-state index in [4.69, 9.17) is 4.74 Å². The molecule has 1 aromatic rings. The Morgan fingerprint density at radius 3 is 2.61 bits per heavy atom. The Hall–Kier alpha value is -2.04. The van der Waals surface area contributed by atoms with Gasteiger partial charge in [0.05, 0.1) is 0 Å². The molecule has 1 saturated carbocycles. The van der Waals surface area contributed by atoms with Crippen LogP contribution in [0.5, 0.6) is 5.75 Å². The Kier molecular flexibility index (Phi) is 6.44. The maximum atomic E-state index is 12.2. The van der Waals surface area contributed by atoms with Gasteiger partial charge in [0.1, 0.15) is 5.75 Å². The molecule has 2 rings (SSSR count). The Bertz CT molecular complexity index is 539. The van der Waals surface area contributed by atoms with Crippen LogP contribution in [0.15, 0.2) is 24.3 Å². The molecular weight excluding hydrogens is 292 g/mol. The predicted molar refractivity (Wildman–Crippen MR) is 88.7 cm³/mol. The van der Waals surface area contributed by atoms with E-state index in [1.165, 1.54) is 6.42 Å².